The number of halogens is 1. The van der Waals surface area contributed by atoms with Gasteiger partial charge in [-0.2, -0.15) is 0 Å². The summed E-state index contributed by atoms with van der Waals surface area (Å²) in [7, 11) is -2.43. The Hall–Kier alpha value is -3.98. The highest BCUT2D eigenvalue weighted by Crippen LogP contribution is 2.23. The van der Waals surface area contributed by atoms with Crippen molar-refractivity contribution in [2.75, 3.05) is 16.7 Å². The minimum Gasteiger partial charge on any atom is -0.322 e. The van der Waals surface area contributed by atoms with E-state index in [0.29, 0.717) is 5.69 Å². The Bertz CT molecular complexity index is 1360. The van der Waals surface area contributed by atoms with Gasteiger partial charge in [0.15, 0.2) is 0 Å². The Morgan fingerprint density at radius 1 is 1.03 bits per heavy atom. The standard InChI is InChI=1S/C23H19FN4O3S/c1-27(19-7-3-2-4-8-19)32(30,31)20-9-5-6-17(14-20)23(29)26-18-10-11-22(21(24)15-18)28-13-12-25-16-28/h2-16H,1H3,(H,26,29). The number of nitrogens with zero attached hydrogens (tertiary/aromatic N) is 3. The molecule has 0 saturated heterocycles. The molecule has 0 saturated carbocycles. The molecule has 0 aliphatic heterocycles. The first-order chi connectivity index (χ1) is 15.4. The van der Waals surface area contributed by atoms with Crippen LogP contribution in [0.1, 0.15) is 10.4 Å². The summed E-state index contributed by atoms with van der Waals surface area (Å²) < 4.78 is 43.1. The van der Waals surface area contributed by atoms with Crippen LogP contribution >= 0.6 is 0 Å². The van der Waals surface area contributed by atoms with Crippen molar-refractivity contribution in [2.24, 2.45) is 0 Å². The monoisotopic (exact) mass is 450 g/mol. The van der Waals surface area contributed by atoms with Gasteiger partial charge in [-0.3, -0.25) is 9.10 Å². The number of carbonyl (C=O) groups is 1. The Balaban J connectivity index is 1.56. The molecular formula is C23H19FN4O3S. The highest BCUT2D eigenvalue weighted by molar-refractivity contribution is 7.92. The molecule has 0 fully saturated rings. The van der Waals surface area contributed by atoms with Crippen LogP contribution in [0.2, 0.25) is 0 Å². The minimum atomic E-state index is -3.87. The lowest BCUT2D eigenvalue weighted by Gasteiger charge is -2.19. The molecule has 32 heavy (non-hydrogen) atoms. The topological polar surface area (TPSA) is 84.3 Å². The number of hydrogen-bond donors (Lipinski definition) is 1. The number of carbonyl (C=O) groups excluding carboxylic acids is 1. The highest BCUT2D eigenvalue weighted by atomic mass is 32.2. The lowest BCUT2D eigenvalue weighted by molar-refractivity contribution is 0.102. The molecule has 1 amide bonds. The van der Waals surface area contributed by atoms with Crippen LogP contribution in [0.5, 0.6) is 0 Å². The zero-order chi connectivity index (χ0) is 22.7. The summed E-state index contributed by atoms with van der Waals surface area (Å²) in [6.45, 7) is 0. The van der Waals surface area contributed by atoms with Crippen LogP contribution in [0.15, 0.2) is 96.4 Å². The second kappa shape index (κ2) is 8.64. The lowest BCUT2D eigenvalue weighted by atomic mass is 10.2. The van der Waals surface area contributed by atoms with Crippen molar-refractivity contribution in [3.8, 4) is 5.69 Å². The number of sulfonamides is 1. The van der Waals surface area contributed by atoms with Crippen LogP contribution < -0.4 is 9.62 Å². The Morgan fingerprint density at radius 3 is 2.50 bits per heavy atom. The summed E-state index contributed by atoms with van der Waals surface area (Å²) in [6.07, 6.45) is 4.61. The van der Waals surface area contributed by atoms with Gasteiger partial charge in [0.2, 0.25) is 0 Å². The number of anilines is 2. The number of nitrogens with one attached hydrogen (secondary N) is 1. The van der Waals surface area contributed by atoms with Gasteiger partial charge in [0.05, 0.1) is 22.6 Å². The van der Waals surface area contributed by atoms with E-state index in [2.05, 4.69) is 10.3 Å². The van der Waals surface area contributed by atoms with Gasteiger partial charge in [0.25, 0.3) is 15.9 Å². The van der Waals surface area contributed by atoms with Gasteiger partial charge in [0.1, 0.15) is 5.82 Å². The Morgan fingerprint density at radius 2 is 1.81 bits per heavy atom. The van der Waals surface area contributed by atoms with Crippen LogP contribution in [0.3, 0.4) is 0 Å². The summed E-state index contributed by atoms with van der Waals surface area (Å²) in [5, 5.41) is 2.60. The molecule has 1 aromatic heterocycles. The maximum absolute atomic E-state index is 14.5. The zero-order valence-electron chi connectivity index (χ0n) is 17.0. The van der Waals surface area contributed by atoms with Gasteiger partial charge in [-0.25, -0.2) is 17.8 Å². The smallest absolute Gasteiger partial charge is 0.264 e. The van der Waals surface area contributed by atoms with Gasteiger partial charge in [0, 0.05) is 30.7 Å². The SMILES string of the molecule is CN(c1ccccc1)S(=O)(=O)c1cccc(C(=O)Nc2ccc(-n3ccnc3)c(F)c2)c1. The maximum atomic E-state index is 14.5. The maximum Gasteiger partial charge on any atom is 0.264 e. The molecule has 0 bridgehead atoms. The predicted molar refractivity (Wildman–Crippen MR) is 120 cm³/mol. The van der Waals surface area contributed by atoms with Crippen molar-refractivity contribution in [2.45, 2.75) is 4.90 Å². The fourth-order valence-electron chi connectivity index (χ4n) is 3.13. The number of benzene rings is 3. The largest absolute Gasteiger partial charge is 0.322 e. The van der Waals surface area contributed by atoms with Gasteiger partial charge in [-0.15, -0.1) is 0 Å². The van der Waals surface area contributed by atoms with E-state index < -0.39 is 21.7 Å². The minimum absolute atomic E-state index is 0.0295. The third-order valence-electron chi connectivity index (χ3n) is 4.86. The number of hydrogen-bond acceptors (Lipinski definition) is 4. The molecule has 0 aliphatic rings. The number of amides is 1. The molecule has 4 aromatic rings. The summed E-state index contributed by atoms with van der Waals surface area (Å²) in [5.41, 5.74) is 1.16. The first kappa shape index (κ1) is 21.3. The summed E-state index contributed by atoms with van der Waals surface area (Å²) >= 11 is 0. The van der Waals surface area contributed by atoms with Gasteiger partial charge in [-0.05, 0) is 48.5 Å². The molecule has 0 aliphatic carbocycles. The Kier molecular flexibility index (Phi) is 5.74. The van der Waals surface area contributed by atoms with E-state index in [1.54, 1.807) is 42.6 Å². The molecule has 0 radical (unpaired) electrons. The first-order valence-corrected chi connectivity index (χ1v) is 11.0. The van der Waals surface area contributed by atoms with Gasteiger partial charge >= 0.3 is 0 Å². The molecular weight excluding hydrogens is 431 g/mol. The molecule has 7 nitrogen and oxygen atoms in total. The van der Waals surface area contributed by atoms with Crippen molar-refractivity contribution in [3.63, 3.8) is 0 Å². The van der Waals surface area contributed by atoms with E-state index in [1.165, 1.54) is 60.5 Å². The predicted octanol–water partition coefficient (Wildman–Crippen LogP) is 4.09. The molecule has 1 heterocycles. The molecule has 0 spiro atoms. The van der Waals surface area contributed by atoms with Crippen molar-refractivity contribution < 1.29 is 17.6 Å². The van der Waals surface area contributed by atoms with Crippen molar-refractivity contribution in [3.05, 3.63) is 103 Å². The summed E-state index contributed by atoms with van der Waals surface area (Å²) in [6, 6.07) is 18.6. The fraction of sp³-hybridized carbons (Fsp3) is 0.0435. The first-order valence-electron chi connectivity index (χ1n) is 9.59. The number of aromatic nitrogens is 2. The molecule has 0 unspecified atom stereocenters. The highest BCUT2D eigenvalue weighted by Gasteiger charge is 2.22. The van der Waals surface area contributed by atoms with E-state index in [1.807, 2.05) is 0 Å². The second-order valence-corrected chi connectivity index (χ2v) is 8.90. The Labute approximate surface area is 184 Å². The normalized spacial score (nSPS) is 11.2. The molecule has 4 rings (SSSR count). The summed E-state index contributed by atoms with van der Waals surface area (Å²) in [5.74, 6) is -1.10. The van der Waals surface area contributed by atoms with Crippen molar-refractivity contribution in [1.82, 2.24) is 9.55 Å². The van der Waals surface area contributed by atoms with Gasteiger partial charge in [-0.1, -0.05) is 24.3 Å². The molecule has 162 valence electrons. The third kappa shape index (κ3) is 4.23. The molecule has 1 N–H and O–H groups in total. The number of para-hydroxylation sites is 1. The van der Waals surface area contributed by atoms with Crippen LogP contribution in [0, 0.1) is 5.82 Å². The summed E-state index contributed by atoms with van der Waals surface area (Å²) in [4.78, 5) is 16.6. The molecule has 9 heteroatoms. The average Bonchev–Trinajstić information content (AvgIpc) is 3.34. The van der Waals surface area contributed by atoms with Crippen molar-refractivity contribution in [1.29, 1.82) is 0 Å². The number of imidazole rings is 1. The zero-order valence-corrected chi connectivity index (χ0v) is 17.8. The second-order valence-electron chi connectivity index (χ2n) is 6.93. The molecule has 0 atom stereocenters. The van der Waals surface area contributed by atoms with E-state index in [9.17, 15) is 17.6 Å². The van der Waals surface area contributed by atoms with E-state index in [-0.39, 0.29) is 21.8 Å². The van der Waals surface area contributed by atoms with E-state index in [4.69, 9.17) is 0 Å². The fourth-order valence-corrected chi connectivity index (χ4v) is 4.37. The van der Waals surface area contributed by atoms with Crippen LogP contribution in [0.25, 0.3) is 5.69 Å². The van der Waals surface area contributed by atoms with E-state index in [0.717, 1.165) is 4.31 Å². The van der Waals surface area contributed by atoms with Crippen LogP contribution in [-0.2, 0) is 10.0 Å². The van der Waals surface area contributed by atoms with Crippen molar-refractivity contribution >= 4 is 27.3 Å². The quantitative estimate of drug-likeness (QED) is 0.480. The van der Waals surface area contributed by atoms with Crippen LogP contribution in [-0.4, -0.2) is 30.9 Å². The average molecular weight is 450 g/mol. The van der Waals surface area contributed by atoms with Gasteiger partial charge < -0.3 is 9.88 Å². The molecule has 3 aromatic carbocycles. The van der Waals surface area contributed by atoms with E-state index >= 15 is 0 Å². The number of rotatable bonds is 6. The lowest BCUT2D eigenvalue weighted by Crippen LogP contribution is -2.26. The van der Waals surface area contributed by atoms with Crippen LogP contribution in [0.4, 0.5) is 15.8 Å². The third-order valence-corrected chi connectivity index (χ3v) is 6.64.